The highest BCUT2D eigenvalue weighted by Gasteiger charge is 2.84. The number of ether oxygens (including phenoxy) is 2. The number of halogens is 1. The van der Waals surface area contributed by atoms with E-state index in [0.29, 0.717) is 38.0 Å². The van der Waals surface area contributed by atoms with Crippen LogP contribution in [0.2, 0.25) is 0 Å². The summed E-state index contributed by atoms with van der Waals surface area (Å²) in [4.78, 5) is 30.8. The Hall–Kier alpha value is -1.02. The molecule has 3 unspecified atom stereocenters. The fraction of sp³-hybridized carbons (Fsp3) is 0.786. The standard InChI is InChI=1S/C28H40BrNO5/c1-17(2)23-10-20-11-26(15-31)22-7-6-18(3)21(22)12-27(20,28(23,26)25(32)33)16-35-24-13-30(9-5-8-29)19(4)14-34-24/h5,8,10,15,17-22,24H,6-7,9,11-14,16H2,1-4H3,(H,32,33)/b8-5-/t18-,19-,20?,21-,22-,24+,26?,27?,28+/m1/s1. The monoisotopic (exact) mass is 549 g/mol. The van der Waals surface area contributed by atoms with Gasteiger partial charge in [0, 0.05) is 18.0 Å². The second-order valence-corrected chi connectivity index (χ2v) is 12.8. The summed E-state index contributed by atoms with van der Waals surface area (Å²) in [6, 6.07) is 0.288. The number of aliphatic carboxylic acids is 1. The lowest BCUT2D eigenvalue weighted by atomic mass is 9.43. The van der Waals surface area contributed by atoms with Crippen molar-refractivity contribution >= 4 is 28.2 Å². The van der Waals surface area contributed by atoms with Gasteiger partial charge in [0.05, 0.1) is 25.2 Å². The molecule has 3 saturated carbocycles. The molecule has 5 aliphatic rings. The first-order valence-corrected chi connectivity index (χ1v) is 14.2. The van der Waals surface area contributed by atoms with Gasteiger partial charge in [-0.3, -0.25) is 9.69 Å². The van der Waals surface area contributed by atoms with Gasteiger partial charge in [0.1, 0.15) is 11.7 Å². The van der Waals surface area contributed by atoms with Gasteiger partial charge in [-0.2, -0.15) is 0 Å². The Morgan fingerprint density at radius 1 is 1.34 bits per heavy atom. The quantitative estimate of drug-likeness (QED) is 0.343. The summed E-state index contributed by atoms with van der Waals surface area (Å²) in [5.41, 5.74) is -1.68. The summed E-state index contributed by atoms with van der Waals surface area (Å²) in [5.74, 6) is 0.313. The molecule has 35 heavy (non-hydrogen) atoms. The summed E-state index contributed by atoms with van der Waals surface area (Å²) in [6.07, 6.45) is 8.45. The van der Waals surface area contributed by atoms with Gasteiger partial charge in [0.15, 0.2) is 6.29 Å². The van der Waals surface area contributed by atoms with Crippen molar-refractivity contribution in [1.29, 1.82) is 0 Å². The Kier molecular flexibility index (Phi) is 6.64. The van der Waals surface area contributed by atoms with Crippen molar-refractivity contribution < 1.29 is 24.2 Å². The molecule has 1 aliphatic heterocycles. The molecule has 0 aromatic heterocycles. The zero-order valence-electron chi connectivity index (χ0n) is 21.4. The molecule has 1 saturated heterocycles. The fourth-order valence-corrected chi connectivity index (χ4v) is 9.35. The lowest BCUT2D eigenvalue weighted by molar-refractivity contribution is -0.227. The number of hydrogen-bond acceptors (Lipinski definition) is 5. The van der Waals surface area contributed by atoms with Crippen molar-refractivity contribution in [2.45, 2.75) is 65.7 Å². The molecular formula is C28H40BrNO5. The van der Waals surface area contributed by atoms with E-state index in [-0.39, 0.29) is 23.8 Å². The molecule has 4 fully saturated rings. The van der Waals surface area contributed by atoms with E-state index in [1.54, 1.807) is 0 Å². The van der Waals surface area contributed by atoms with E-state index in [2.05, 4.69) is 60.7 Å². The minimum atomic E-state index is -1.19. The molecule has 0 spiro atoms. The zero-order chi connectivity index (χ0) is 25.2. The molecule has 1 N–H and O–H groups in total. The highest BCUT2D eigenvalue weighted by molar-refractivity contribution is 9.11. The molecule has 1 heterocycles. The van der Waals surface area contributed by atoms with Crippen LogP contribution < -0.4 is 0 Å². The summed E-state index contributed by atoms with van der Waals surface area (Å²) in [7, 11) is 0. The predicted molar refractivity (Wildman–Crippen MR) is 137 cm³/mol. The number of morpholine rings is 1. The SMILES string of the molecule is CC(C)C1=CC2CC3(C=O)[C@@H]4CC[C@@H](C)[C@H]4CC2(CO[C@H]2CN(C/C=C\Br)[C@H](C)CO2)[C@]13C(=O)O. The lowest BCUT2D eigenvalue weighted by Gasteiger charge is -2.58. The number of rotatable bonds is 8. The number of nitrogens with zero attached hydrogens (tertiary/aromatic N) is 1. The first-order valence-electron chi connectivity index (χ1n) is 13.3. The van der Waals surface area contributed by atoms with Gasteiger partial charge in [-0.25, -0.2) is 0 Å². The van der Waals surface area contributed by atoms with Gasteiger partial charge in [0.2, 0.25) is 0 Å². The first kappa shape index (κ1) is 25.6. The molecule has 4 aliphatic carbocycles. The molecule has 0 aromatic rings. The maximum absolute atomic E-state index is 13.5. The van der Waals surface area contributed by atoms with E-state index in [0.717, 1.165) is 37.7 Å². The lowest BCUT2D eigenvalue weighted by Crippen LogP contribution is -2.64. The third kappa shape index (κ3) is 3.30. The van der Waals surface area contributed by atoms with Crippen molar-refractivity contribution in [3.63, 3.8) is 0 Å². The van der Waals surface area contributed by atoms with Crippen molar-refractivity contribution in [3.8, 4) is 0 Å². The minimum absolute atomic E-state index is 0.0500. The maximum atomic E-state index is 13.5. The number of carbonyl (C=O) groups excluding carboxylic acids is 1. The molecule has 0 aromatic carbocycles. The van der Waals surface area contributed by atoms with Crippen LogP contribution in [0.5, 0.6) is 0 Å². The second-order valence-electron chi connectivity index (χ2n) is 12.2. The average molecular weight is 551 g/mol. The summed E-state index contributed by atoms with van der Waals surface area (Å²) in [6.45, 7) is 10.9. The Morgan fingerprint density at radius 3 is 2.77 bits per heavy atom. The summed E-state index contributed by atoms with van der Waals surface area (Å²) < 4.78 is 12.6. The molecule has 4 bridgehead atoms. The molecule has 7 heteroatoms. The van der Waals surface area contributed by atoms with Gasteiger partial charge in [-0.15, -0.1) is 0 Å². The third-order valence-corrected chi connectivity index (χ3v) is 11.0. The van der Waals surface area contributed by atoms with Crippen LogP contribution in [0.1, 0.15) is 53.4 Å². The highest BCUT2D eigenvalue weighted by atomic mass is 79.9. The third-order valence-electron chi connectivity index (χ3n) is 10.6. The van der Waals surface area contributed by atoms with Crippen molar-refractivity contribution in [3.05, 3.63) is 22.7 Å². The van der Waals surface area contributed by atoms with Crippen molar-refractivity contribution in [2.24, 2.45) is 45.8 Å². The second kappa shape index (κ2) is 9.07. The van der Waals surface area contributed by atoms with Gasteiger partial charge in [-0.1, -0.05) is 60.8 Å². The fourth-order valence-electron chi connectivity index (χ4n) is 9.18. The van der Waals surface area contributed by atoms with Gasteiger partial charge in [-0.05, 0) is 60.8 Å². The van der Waals surface area contributed by atoms with Crippen LogP contribution in [0.25, 0.3) is 0 Å². The summed E-state index contributed by atoms with van der Waals surface area (Å²) >= 11 is 3.35. The van der Waals surface area contributed by atoms with Crippen LogP contribution in [0, 0.1) is 45.8 Å². The van der Waals surface area contributed by atoms with Crippen LogP contribution >= 0.6 is 15.9 Å². The number of carbonyl (C=O) groups is 2. The number of carboxylic acid groups (broad SMARTS) is 1. The van der Waals surface area contributed by atoms with Crippen LogP contribution in [-0.4, -0.2) is 60.9 Å². The maximum Gasteiger partial charge on any atom is 0.315 e. The molecule has 5 rings (SSSR count). The van der Waals surface area contributed by atoms with Crippen LogP contribution in [0.15, 0.2) is 22.7 Å². The Labute approximate surface area is 217 Å². The number of fused-ring (bicyclic) bond motifs is 2. The molecule has 9 atom stereocenters. The van der Waals surface area contributed by atoms with Gasteiger partial charge >= 0.3 is 5.97 Å². The van der Waals surface area contributed by atoms with E-state index in [4.69, 9.17) is 9.47 Å². The van der Waals surface area contributed by atoms with E-state index in [1.807, 2.05) is 4.99 Å². The minimum Gasteiger partial charge on any atom is -0.481 e. The first-order chi connectivity index (χ1) is 16.7. The number of carboxylic acids is 1. The molecular weight excluding hydrogens is 510 g/mol. The zero-order valence-corrected chi connectivity index (χ0v) is 23.0. The molecule has 0 amide bonds. The number of hydrogen-bond donors (Lipinski definition) is 1. The van der Waals surface area contributed by atoms with E-state index < -0.39 is 28.5 Å². The summed E-state index contributed by atoms with van der Waals surface area (Å²) in [5, 5.41) is 11.1. The molecule has 6 nitrogen and oxygen atoms in total. The highest BCUT2D eigenvalue weighted by Crippen LogP contribution is 2.82. The average Bonchev–Trinajstić information content (AvgIpc) is 3.40. The van der Waals surface area contributed by atoms with Crippen LogP contribution in [0.3, 0.4) is 0 Å². The van der Waals surface area contributed by atoms with E-state index in [9.17, 15) is 14.7 Å². The Morgan fingerprint density at radius 2 is 2.11 bits per heavy atom. The molecule has 0 radical (unpaired) electrons. The number of aldehydes is 1. The predicted octanol–water partition coefficient (Wildman–Crippen LogP) is 4.88. The van der Waals surface area contributed by atoms with Crippen LogP contribution in [-0.2, 0) is 19.1 Å². The largest absolute Gasteiger partial charge is 0.481 e. The van der Waals surface area contributed by atoms with Gasteiger partial charge in [0.25, 0.3) is 0 Å². The van der Waals surface area contributed by atoms with E-state index >= 15 is 0 Å². The normalized spacial score (nSPS) is 46.9. The van der Waals surface area contributed by atoms with Crippen molar-refractivity contribution in [2.75, 3.05) is 26.3 Å². The van der Waals surface area contributed by atoms with Crippen LogP contribution in [0.4, 0.5) is 0 Å². The van der Waals surface area contributed by atoms with Crippen molar-refractivity contribution in [1.82, 2.24) is 4.90 Å². The van der Waals surface area contributed by atoms with E-state index in [1.165, 1.54) is 0 Å². The smallest absolute Gasteiger partial charge is 0.315 e. The Bertz CT molecular complexity index is 934. The van der Waals surface area contributed by atoms with Gasteiger partial charge < -0.3 is 19.4 Å². The Balaban J connectivity index is 1.52. The molecule has 194 valence electrons. The number of allylic oxidation sites excluding steroid dienone is 1. The topological polar surface area (TPSA) is 76.1 Å².